The third-order valence-electron chi connectivity index (χ3n) is 2.04. The lowest BCUT2D eigenvalue weighted by atomic mass is 10.3. The van der Waals surface area contributed by atoms with Crippen molar-refractivity contribution >= 4 is 21.6 Å². The summed E-state index contributed by atoms with van der Waals surface area (Å²) in [4.78, 5) is 0. The van der Waals surface area contributed by atoms with Crippen molar-refractivity contribution < 1.29 is 13.5 Å². The summed E-state index contributed by atoms with van der Waals surface area (Å²) in [5.41, 5.74) is 5.90. The fourth-order valence-corrected chi connectivity index (χ4v) is 1.76. The highest BCUT2D eigenvalue weighted by Gasteiger charge is 2.06. The van der Waals surface area contributed by atoms with Crippen LogP contribution in [0.15, 0.2) is 40.9 Å². The van der Waals surface area contributed by atoms with E-state index >= 15 is 0 Å². The van der Waals surface area contributed by atoms with Gasteiger partial charge in [-0.05, 0) is 24.3 Å². The Bertz CT molecular complexity index is 540. The molecule has 0 atom stereocenters. The lowest BCUT2D eigenvalue weighted by molar-refractivity contribution is 0.473. The van der Waals surface area contributed by atoms with E-state index in [1.165, 1.54) is 24.3 Å². The van der Waals surface area contributed by atoms with Gasteiger partial charge in [-0.25, -0.2) is 8.78 Å². The third-order valence-corrected chi connectivity index (χ3v) is 2.50. The van der Waals surface area contributed by atoms with Crippen LogP contribution in [0.5, 0.6) is 11.5 Å². The van der Waals surface area contributed by atoms with Crippen molar-refractivity contribution in [2.24, 2.45) is 0 Å². The van der Waals surface area contributed by atoms with Gasteiger partial charge >= 0.3 is 0 Å². The molecule has 0 aliphatic rings. The molecule has 2 N–H and O–H groups in total. The second kappa shape index (κ2) is 4.71. The zero-order valence-corrected chi connectivity index (χ0v) is 10.2. The molecule has 2 rings (SSSR count). The highest BCUT2D eigenvalue weighted by molar-refractivity contribution is 9.10. The van der Waals surface area contributed by atoms with Gasteiger partial charge in [0.05, 0.1) is 5.69 Å². The maximum absolute atomic E-state index is 13.1. The molecule has 0 bridgehead atoms. The number of anilines is 1. The van der Waals surface area contributed by atoms with Crippen molar-refractivity contribution in [3.8, 4) is 11.5 Å². The van der Waals surface area contributed by atoms with Crippen LogP contribution in [-0.4, -0.2) is 0 Å². The van der Waals surface area contributed by atoms with Gasteiger partial charge in [0.1, 0.15) is 17.4 Å². The Hall–Kier alpha value is -1.62. The summed E-state index contributed by atoms with van der Waals surface area (Å²) in [7, 11) is 0. The SMILES string of the molecule is Nc1ccc(F)cc1Oc1cc(F)cc(Br)c1. The Morgan fingerprint density at radius 3 is 2.47 bits per heavy atom. The summed E-state index contributed by atoms with van der Waals surface area (Å²) in [5.74, 6) is -0.523. The first-order valence-electron chi connectivity index (χ1n) is 4.73. The number of rotatable bonds is 2. The molecular weight excluding hydrogens is 292 g/mol. The van der Waals surface area contributed by atoms with E-state index in [1.807, 2.05) is 0 Å². The predicted octanol–water partition coefficient (Wildman–Crippen LogP) is 4.10. The lowest BCUT2D eigenvalue weighted by Gasteiger charge is -2.08. The van der Waals surface area contributed by atoms with Gasteiger partial charge in [0, 0.05) is 16.6 Å². The van der Waals surface area contributed by atoms with Crippen molar-refractivity contribution in [1.29, 1.82) is 0 Å². The summed E-state index contributed by atoms with van der Waals surface area (Å²) >= 11 is 3.13. The van der Waals surface area contributed by atoms with E-state index in [0.29, 0.717) is 4.47 Å². The molecule has 2 aromatic rings. The fraction of sp³-hybridized carbons (Fsp3) is 0. The van der Waals surface area contributed by atoms with Gasteiger partial charge in [-0.1, -0.05) is 15.9 Å². The lowest BCUT2D eigenvalue weighted by Crippen LogP contribution is -1.93. The van der Waals surface area contributed by atoms with Crippen molar-refractivity contribution in [3.05, 3.63) is 52.5 Å². The standard InChI is InChI=1S/C12H8BrF2NO/c13-7-3-9(15)5-10(4-7)17-12-6-8(14)1-2-11(12)16/h1-6H,16H2. The Balaban J connectivity index is 2.34. The van der Waals surface area contributed by atoms with Gasteiger partial charge < -0.3 is 10.5 Å². The van der Waals surface area contributed by atoms with Crippen LogP contribution in [0, 0.1) is 11.6 Å². The molecule has 88 valence electrons. The summed E-state index contributed by atoms with van der Waals surface area (Å²) in [6.07, 6.45) is 0. The van der Waals surface area contributed by atoms with Gasteiger partial charge in [0.15, 0.2) is 5.75 Å². The molecule has 5 heteroatoms. The number of halogens is 3. The van der Waals surface area contributed by atoms with Crippen molar-refractivity contribution in [2.75, 3.05) is 5.73 Å². The van der Waals surface area contributed by atoms with E-state index in [0.717, 1.165) is 6.07 Å². The maximum Gasteiger partial charge on any atom is 0.153 e. The molecule has 0 radical (unpaired) electrons. The fourth-order valence-electron chi connectivity index (χ4n) is 1.31. The number of nitrogen functional groups attached to an aromatic ring is 1. The van der Waals surface area contributed by atoms with Crippen LogP contribution in [0.1, 0.15) is 0 Å². The summed E-state index contributed by atoms with van der Waals surface area (Å²) in [6.45, 7) is 0. The zero-order chi connectivity index (χ0) is 12.4. The molecule has 0 fully saturated rings. The molecule has 17 heavy (non-hydrogen) atoms. The first-order chi connectivity index (χ1) is 8.04. The van der Waals surface area contributed by atoms with Gasteiger partial charge in [0.2, 0.25) is 0 Å². The number of ether oxygens (including phenoxy) is 1. The topological polar surface area (TPSA) is 35.2 Å². The average Bonchev–Trinajstić information content (AvgIpc) is 2.22. The van der Waals surface area contributed by atoms with Crippen LogP contribution in [0.3, 0.4) is 0 Å². The second-order valence-electron chi connectivity index (χ2n) is 3.39. The minimum atomic E-state index is -0.468. The normalized spacial score (nSPS) is 10.3. The minimum absolute atomic E-state index is 0.155. The van der Waals surface area contributed by atoms with Crippen LogP contribution >= 0.6 is 15.9 Å². The smallest absolute Gasteiger partial charge is 0.153 e. The third kappa shape index (κ3) is 2.94. The van der Waals surface area contributed by atoms with E-state index in [2.05, 4.69) is 15.9 Å². The monoisotopic (exact) mass is 299 g/mol. The summed E-state index contributed by atoms with van der Waals surface area (Å²) < 4.78 is 31.9. The Morgan fingerprint density at radius 1 is 1.00 bits per heavy atom. The molecule has 0 spiro atoms. The minimum Gasteiger partial charge on any atom is -0.455 e. The van der Waals surface area contributed by atoms with Crippen LogP contribution in [0.25, 0.3) is 0 Å². The van der Waals surface area contributed by atoms with Gasteiger partial charge in [-0.2, -0.15) is 0 Å². The molecule has 2 nitrogen and oxygen atoms in total. The van der Waals surface area contributed by atoms with Gasteiger partial charge in [0.25, 0.3) is 0 Å². The van der Waals surface area contributed by atoms with Crippen molar-refractivity contribution in [1.82, 2.24) is 0 Å². The Kier molecular flexibility index (Phi) is 3.28. The van der Waals surface area contributed by atoms with E-state index < -0.39 is 11.6 Å². The van der Waals surface area contributed by atoms with Crippen molar-refractivity contribution in [2.45, 2.75) is 0 Å². The van der Waals surface area contributed by atoms with E-state index in [9.17, 15) is 8.78 Å². The number of hydrogen-bond acceptors (Lipinski definition) is 2. The molecule has 0 aliphatic heterocycles. The quantitative estimate of drug-likeness (QED) is 0.847. The molecule has 0 aliphatic carbocycles. The van der Waals surface area contributed by atoms with Crippen LogP contribution < -0.4 is 10.5 Å². The molecule has 0 saturated heterocycles. The molecule has 0 amide bonds. The van der Waals surface area contributed by atoms with E-state index in [-0.39, 0.29) is 17.2 Å². The predicted molar refractivity (Wildman–Crippen MR) is 65.0 cm³/mol. The van der Waals surface area contributed by atoms with Gasteiger partial charge in [-0.3, -0.25) is 0 Å². The highest BCUT2D eigenvalue weighted by Crippen LogP contribution is 2.30. The number of hydrogen-bond donors (Lipinski definition) is 1. The molecule has 0 aromatic heterocycles. The Labute approximate surface area is 105 Å². The molecule has 0 saturated carbocycles. The largest absolute Gasteiger partial charge is 0.455 e. The number of benzene rings is 2. The van der Waals surface area contributed by atoms with E-state index in [1.54, 1.807) is 6.07 Å². The molecule has 0 heterocycles. The maximum atomic E-state index is 13.1. The second-order valence-corrected chi connectivity index (χ2v) is 4.31. The summed E-state index contributed by atoms with van der Waals surface area (Å²) in [5, 5.41) is 0. The van der Waals surface area contributed by atoms with Crippen LogP contribution in [0.4, 0.5) is 14.5 Å². The van der Waals surface area contributed by atoms with E-state index in [4.69, 9.17) is 10.5 Å². The first kappa shape index (κ1) is 11.9. The van der Waals surface area contributed by atoms with Crippen LogP contribution in [0.2, 0.25) is 0 Å². The summed E-state index contributed by atoms with van der Waals surface area (Å²) in [6, 6.07) is 7.81. The average molecular weight is 300 g/mol. The Morgan fingerprint density at radius 2 is 1.76 bits per heavy atom. The highest BCUT2D eigenvalue weighted by atomic mass is 79.9. The van der Waals surface area contributed by atoms with Crippen molar-refractivity contribution in [3.63, 3.8) is 0 Å². The zero-order valence-electron chi connectivity index (χ0n) is 8.58. The van der Waals surface area contributed by atoms with Crippen LogP contribution in [-0.2, 0) is 0 Å². The molecular formula is C12H8BrF2NO. The molecule has 2 aromatic carbocycles. The first-order valence-corrected chi connectivity index (χ1v) is 5.53. The molecule has 0 unspecified atom stereocenters. The number of nitrogens with two attached hydrogens (primary N) is 1. The van der Waals surface area contributed by atoms with Gasteiger partial charge in [-0.15, -0.1) is 0 Å².